The molecule has 3 nitrogen and oxygen atoms in total. The Labute approximate surface area is 127 Å². The minimum Gasteiger partial charge on any atom is -0.364 e. The first kappa shape index (κ1) is 13.2. The van der Waals surface area contributed by atoms with Gasteiger partial charge in [-0.1, -0.05) is 24.3 Å². The molecule has 0 saturated heterocycles. The lowest BCUT2D eigenvalue weighted by molar-refractivity contribution is 0.776. The molecule has 3 rings (SSSR count). The van der Waals surface area contributed by atoms with Gasteiger partial charge in [0.2, 0.25) is 0 Å². The quantitative estimate of drug-likeness (QED) is 0.717. The lowest BCUT2D eigenvalue weighted by Crippen LogP contribution is -2.23. The van der Waals surface area contributed by atoms with E-state index in [0.717, 1.165) is 29.0 Å². The molecule has 102 valence electrons. The highest BCUT2D eigenvalue weighted by atomic mass is 79.9. The van der Waals surface area contributed by atoms with E-state index in [-0.39, 0.29) is 0 Å². The maximum atomic E-state index is 4.64. The number of halogens is 1. The number of aromatic nitrogens is 2. The highest BCUT2D eigenvalue weighted by molar-refractivity contribution is 9.10. The van der Waals surface area contributed by atoms with Crippen molar-refractivity contribution < 1.29 is 0 Å². The predicted molar refractivity (Wildman–Crippen MR) is 86.1 cm³/mol. The minimum atomic E-state index is 0.789. The summed E-state index contributed by atoms with van der Waals surface area (Å²) in [4.78, 5) is 6.95. The van der Waals surface area contributed by atoms with Crippen LogP contribution in [-0.4, -0.2) is 15.9 Å². The van der Waals surface area contributed by atoms with Gasteiger partial charge in [-0.25, -0.2) is 4.98 Å². The third-order valence-electron chi connectivity index (χ3n) is 3.41. The molecular weight excluding hydrogens is 314 g/mol. The number of imidazole rings is 1. The van der Waals surface area contributed by atoms with Crippen molar-refractivity contribution in [3.8, 4) is 0 Å². The molecule has 0 unspecified atom stereocenters. The fourth-order valence-electron chi connectivity index (χ4n) is 2.37. The van der Waals surface area contributed by atoms with Crippen LogP contribution in [0.4, 0.5) is 5.69 Å². The molecule has 4 heteroatoms. The van der Waals surface area contributed by atoms with Crippen LogP contribution in [0.25, 0.3) is 5.52 Å². The summed E-state index contributed by atoms with van der Waals surface area (Å²) in [5.41, 5.74) is 2.32. The van der Waals surface area contributed by atoms with Crippen LogP contribution >= 0.6 is 15.9 Å². The number of benzene rings is 1. The molecule has 0 N–H and O–H groups in total. The highest BCUT2D eigenvalue weighted by Crippen LogP contribution is 2.21. The van der Waals surface area contributed by atoms with Crippen LogP contribution in [0.1, 0.15) is 12.7 Å². The van der Waals surface area contributed by atoms with Gasteiger partial charge in [0, 0.05) is 18.4 Å². The zero-order valence-corrected chi connectivity index (χ0v) is 12.9. The Balaban J connectivity index is 1.96. The molecule has 0 radical (unpaired) electrons. The smallest absolute Gasteiger partial charge is 0.134 e. The minimum absolute atomic E-state index is 0.789. The molecule has 20 heavy (non-hydrogen) atoms. The summed E-state index contributed by atoms with van der Waals surface area (Å²) < 4.78 is 3.03. The Morgan fingerprint density at radius 1 is 1.10 bits per heavy atom. The van der Waals surface area contributed by atoms with E-state index in [0.29, 0.717) is 0 Å². The number of fused-ring (bicyclic) bond motifs is 1. The van der Waals surface area contributed by atoms with Gasteiger partial charge in [0.1, 0.15) is 10.4 Å². The van der Waals surface area contributed by atoms with Crippen LogP contribution in [0.3, 0.4) is 0 Å². The number of anilines is 1. The monoisotopic (exact) mass is 329 g/mol. The van der Waals surface area contributed by atoms with Gasteiger partial charge in [0.15, 0.2) is 0 Å². The lowest BCUT2D eigenvalue weighted by atomic mass is 10.3. The van der Waals surface area contributed by atoms with Crippen molar-refractivity contribution >= 4 is 27.1 Å². The van der Waals surface area contributed by atoms with Crippen LogP contribution in [-0.2, 0) is 6.54 Å². The molecule has 2 heterocycles. The number of rotatable bonds is 4. The molecule has 0 aliphatic carbocycles. The SMILES string of the molecule is CCN(Cc1nc(Br)c2ccccn12)c1ccccc1. The van der Waals surface area contributed by atoms with Gasteiger partial charge < -0.3 is 9.30 Å². The van der Waals surface area contributed by atoms with E-state index in [1.54, 1.807) is 0 Å². The number of pyridine rings is 1. The van der Waals surface area contributed by atoms with Gasteiger partial charge in [-0.05, 0) is 47.1 Å². The highest BCUT2D eigenvalue weighted by Gasteiger charge is 2.12. The molecule has 0 fully saturated rings. The second-order valence-corrected chi connectivity index (χ2v) is 5.38. The molecule has 0 aliphatic rings. The zero-order chi connectivity index (χ0) is 13.9. The number of para-hydroxylation sites is 1. The van der Waals surface area contributed by atoms with Gasteiger partial charge in [0.05, 0.1) is 12.1 Å². The van der Waals surface area contributed by atoms with Crippen molar-refractivity contribution in [2.24, 2.45) is 0 Å². The van der Waals surface area contributed by atoms with Crippen molar-refractivity contribution in [1.82, 2.24) is 9.38 Å². The van der Waals surface area contributed by atoms with Crippen LogP contribution in [0.2, 0.25) is 0 Å². The van der Waals surface area contributed by atoms with E-state index in [2.05, 4.69) is 73.7 Å². The molecule has 3 aromatic rings. The summed E-state index contributed by atoms with van der Waals surface area (Å²) >= 11 is 3.54. The Kier molecular flexibility index (Phi) is 3.74. The average Bonchev–Trinajstić information content (AvgIpc) is 2.82. The largest absolute Gasteiger partial charge is 0.364 e. The predicted octanol–water partition coefficient (Wildman–Crippen LogP) is 4.12. The van der Waals surface area contributed by atoms with Crippen LogP contribution in [0.5, 0.6) is 0 Å². The van der Waals surface area contributed by atoms with E-state index >= 15 is 0 Å². The Morgan fingerprint density at radius 3 is 2.60 bits per heavy atom. The van der Waals surface area contributed by atoms with Crippen molar-refractivity contribution in [2.75, 3.05) is 11.4 Å². The first-order valence-corrected chi connectivity index (χ1v) is 7.50. The van der Waals surface area contributed by atoms with Crippen molar-refractivity contribution in [3.63, 3.8) is 0 Å². The van der Waals surface area contributed by atoms with E-state index in [4.69, 9.17) is 0 Å². The number of hydrogen-bond acceptors (Lipinski definition) is 2. The third kappa shape index (κ3) is 2.43. The second-order valence-electron chi connectivity index (χ2n) is 4.62. The van der Waals surface area contributed by atoms with E-state index in [9.17, 15) is 0 Å². The molecule has 0 saturated carbocycles. The zero-order valence-electron chi connectivity index (χ0n) is 11.3. The number of nitrogens with zero attached hydrogens (tertiary/aromatic N) is 3. The summed E-state index contributed by atoms with van der Waals surface area (Å²) in [6.45, 7) is 3.90. The molecule has 0 amide bonds. The second kappa shape index (κ2) is 5.67. The lowest BCUT2D eigenvalue weighted by Gasteiger charge is -2.22. The maximum absolute atomic E-state index is 4.64. The van der Waals surface area contributed by atoms with Crippen molar-refractivity contribution in [3.05, 3.63) is 65.2 Å². The Hall–Kier alpha value is -1.81. The Bertz CT molecular complexity index is 706. The van der Waals surface area contributed by atoms with Gasteiger partial charge in [0.25, 0.3) is 0 Å². The molecule has 0 spiro atoms. The molecule has 0 bridgehead atoms. The summed E-state index contributed by atoms with van der Waals surface area (Å²) in [5, 5.41) is 0. The van der Waals surface area contributed by atoms with E-state index in [1.165, 1.54) is 5.69 Å². The normalized spacial score (nSPS) is 10.9. The molecular formula is C16H16BrN3. The standard InChI is InChI=1S/C16H16BrN3/c1-2-19(13-8-4-3-5-9-13)12-15-18-16(17)14-10-6-7-11-20(14)15/h3-11H,2,12H2,1H3. The Morgan fingerprint density at radius 2 is 1.85 bits per heavy atom. The van der Waals surface area contributed by atoms with Crippen LogP contribution in [0, 0.1) is 0 Å². The van der Waals surface area contributed by atoms with Gasteiger partial charge in [-0.2, -0.15) is 0 Å². The molecule has 2 aromatic heterocycles. The van der Waals surface area contributed by atoms with E-state index in [1.807, 2.05) is 18.2 Å². The molecule has 0 atom stereocenters. The van der Waals surface area contributed by atoms with Crippen molar-refractivity contribution in [2.45, 2.75) is 13.5 Å². The topological polar surface area (TPSA) is 20.5 Å². The molecule has 0 aliphatic heterocycles. The van der Waals surface area contributed by atoms with Gasteiger partial charge >= 0.3 is 0 Å². The summed E-state index contributed by atoms with van der Waals surface area (Å²) in [6.07, 6.45) is 2.06. The van der Waals surface area contributed by atoms with Gasteiger partial charge in [-0.3, -0.25) is 0 Å². The first-order chi connectivity index (χ1) is 9.79. The van der Waals surface area contributed by atoms with Crippen LogP contribution < -0.4 is 4.90 Å². The summed E-state index contributed by atoms with van der Waals surface area (Å²) in [5.74, 6) is 1.04. The van der Waals surface area contributed by atoms with Gasteiger partial charge in [-0.15, -0.1) is 0 Å². The fraction of sp³-hybridized carbons (Fsp3) is 0.188. The average molecular weight is 330 g/mol. The van der Waals surface area contributed by atoms with E-state index < -0.39 is 0 Å². The van der Waals surface area contributed by atoms with Crippen molar-refractivity contribution in [1.29, 1.82) is 0 Å². The first-order valence-electron chi connectivity index (χ1n) is 6.71. The maximum Gasteiger partial charge on any atom is 0.134 e. The van der Waals surface area contributed by atoms with Crippen LogP contribution in [0.15, 0.2) is 59.3 Å². The number of hydrogen-bond donors (Lipinski definition) is 0. The summed E-state index contributed by atoms with van der Waals surface area (Å²) in [7, 11) is 0. The fourth-order valence-corrected chi connectivity index (χ4v) is 2.90. The summed E-state index contributed by atoms with van der Waals surface area (Å²) in [6, 6.07) is 16.6. The third-order valence-corrected chi connectivity index (χ3v) is 4.00. The molecule has 1 aromatic carbocycles.